The van der Waals surface area contributed by atoms with Gasteiger partial charge in [-0.1, -0.05) is 37.3 Å². The molecule has 0 aromatic heterocycles. The van der Waals surface area contributed by atoms with E-state index in [4.69, 9.17) is 5.11 Å². The number of rotatable bonds is 9. The van der Waals surface area contributed by atoms with Crippen molar-refractivity contribution in [1.82, 2.24) is 10.2 Å². The van der Waals surface area contributed by atoms with E-state index in [1.54, 1.807) is 4.90 Å². The van der Waals surface area contributed by atoms with Gasteiger partial charge in [0.1, 0.15) is 0 Å². The van der Waals surface area contributed by atoms with Gasteiger partial charge in [-0.15, -0.1) is 0 Å². The van der Waals surface area contributed by atoms with Crippen LogP contribution in [-0.4, -0.2) is 48.1 Å². The van der Waals surface area contributed by atoms with Gasteiger partial charge in [-0.2, -0.15) is 0 Å². The lowest BCUT2D eigenvalue weighted by atomic mass is 10.1. The summed E-state index contributed by atoms with van der Waals surface area (Å²) in [6.07, 6.45) is 1.60. The maximum atomic E-state index is 11.8. The van der Waals surface area contributed by atoms with E-state index in [1.807, 2.05) is 37.3 Å². The maximum absolute atomic E-state index is 11.8. The second-order valence-electron chi connectivity index (χ2n) is 4.69. The smallest absolute Gasteiger partial charge is 0.317 e. The molecule has 0 saturated heterocycles. The first-order valence-corrected chi connectivity index (χ1v) is 6.86. The minimum atomic E-state index is -0.907. The van der Waals surface area contributed by atoms with Crippen LogP contribution < -0.4 is 5.32 Å². The van der Waals surface area contributed by atoms with E-state index in [2.05, 4.69) is 5.32 Å². The number of carbonyl (C=O) groups is 2. The molecule has 0 saturated carbocycles. The topological polar surface area (TPSA) is 69.6 Å². The summed E-state index contributed by atoms with van der Waals surface area (Å²) in [7, 11) is 0. The van der Waals surface area contributed by atoms with Gasteiger partial charge >= 0.3 is 5.97 Å². The zero-order valence-corrected chi connectivity index (χ0v) is 11.8. The Hall–Kier alpha value is -1.88. The molecule has 0 bridgehead atoms. The Morgan fingerprint density at radius 1 is 1.20 bits per heavy atom. The zero-order valence-electron chi connectivity index (χ0n) is 11.8. The van der Waals surface area contributed by atoms with E-state index in [9.17, 15) is 9.59 Å². The molecule has 0 aliphatic heterocycles. The third-order valence-electron chi connectivity index (χ3n) is 2.84. The molecule has 1 aromatic rings. The first-order valence-electron chi connectivity index (χ1n) is 6.86. The Bertz CT molecular complexity index is 420. The first-order chi connectivity index (χ1) is 9.61. The molecule has 0 unspecified atom stereocenters. The minimum Gasteiger partial charge on any atom is -0.480 e. The van der Waals surface area contributed by atoms with Crippen molar-refractivity contribution in [2.75, 3.05) is 26.2 Å². The molecule has 0 atom stereocenters. The average Bonchev–Trinajstić information content (AvgIpc) is 2.39. The van der Waals surface area contributed by atoms with E-state index in [-0.39, 0.29) is 19.0 Å². The summed E-state index contributed by atoms with van der Waals surface area (Å²) in [6, 6.07) is 9.91. The van der Waals surface area contributed by atoms with Crippen LogP contribution in [-0.2, 0) is 16.0 Å². The van der Waals surface area contributed by atoms with Crippen LogP contribution >= 0.6 is 0 Å². The van der Waals surface area contributed by atoms with Crippen LogP contribution in [0, 0.1) is 0 Å². The number of nitrogens with one attached hydrogen (secondary N) is 1. The van der Waals surface area contributed by atoms with Crippen LogP contribution in [0.4, 0.5) is 0 Å². The summed E-state index contributed by atoms with van der Waals surface area (Å²) < 4.78 is 0. The van der Waals surface area contributed by atoms with Gasteiger partial charge in [-0.25, -0.2) is 0 Å². The van der Waals surface area contributed by atoms with Crippen LogP contribution in [0.1, 0.15) is 18.9 Å². The second-order valence-corrected chi connectivity index (χ2v) is 4.69. The van der Waals surface area contributed by atoms with Crippen molar-refractivity contribution >= 4 is 11.9 Å². The predicted molar refractivity (Wildman–Crippen MR) is 77.5 cm³/mol. The highest BCUT2D eigenvalue weighted by atomic mass is 16.4. The van der Waals surface area contributed by atoms with Gasteiger partial charge in [0, 0.05) is 6.54 Å². The van der Waals surface area contributed by atoms with Gasteiger partial charge < -0.3 is 10.4 Å². The molecule has 0 aliphatic rings. The molecular formula is C15H22N2O3. The maximum Gasteiger partial charge on any atom is 0.317 e. The third kappa shape index (κ3) is 6.89. The van der Waals surface area contributed by atoms with E-state index < -0.39 is 5.97 Å². The number of carboxylic acid groups (broad SMARTS) is 1. The van der Waals surface area contributed by atoms with Gasteiger partial charge in [0.05, 0.1) is 13.1 Å². The highest BCUT2D eigenvalue weighted by molar-refractivity contribution is 5.79. The summed E-state index contributed by atoms with van der Waals surface area (Å²) in [5.74, 6) is -1.04. The van der Waals surface area contributed by atoms with E-state index in [0.29, 0.717) is 13.1 Å². The molecule has 0 radical (unpaired) electrons. The van der Waals surface area contributed by atoms with Crippen molar-refractivity contribution < 1.29 is 14.7 Å². The second kappa shape index (κ2) is 9.09. The quantitative estimate of drug-likeness (QED) is 0.711. The minimum absolute atomic E-state index is 0.0973. The number of aliphatic carboxylic acids is 1. The number of carbonyl (C=O) groups excluding carboxylic acids is 1. The molecule has 1 aromatic carbocycles. The Labute approximate surface area is 119 Å². The Morgan fingerprint density at radius 3 is 2.50 bits per heavy atom. The van der Waals surface area contributed by atoms with E-state index in [1.165, 1.54) is 5.56 Å². The van der Waals surface area contributed by atoms with Crippen LogP contribution in [0.15, 0.2) is 30.3 Å². The van der Waals surface area contributed by atoms with Crippen LogP contribution in [0.5, 0.6) is 0 Å². The summed E-state index contributed by atoms with van der Waals surface area (Å²) in [5, 5.41) is 11.6. The van der Waals surface area contributed by atoms with E-state index in [0.717, 1.165) is 12.8 Å². The predicted octanol–water partition coefficient (Wildman–Crippen LogP) is 1.14. The summed E-state index contributed by atoms with van der Waals surface area (Å²) >= 11 is 0. The monoisotopic (exact) mass is 278 g/mol. The highest BCUT2D eigenvalue weighted by Crippen LogP contribution is 1.98. The Kier molecular flexibility index (Phi) is 7.35. The highest BCUT2D eigenvalue weighted by Gasteiger charge is 2.12. The number of hydrogen-bond donors (Lipinski definition) is 2. The van der Waals surface area contributed by atoms with Crippen molar-refractivity contribution in [3.63, 3.8) is 0 Å². The lowest BCUT2D eigenvalue weighted by Crippen LogP contribution is -2.40. The van der Waals surface area contributed by atoms with Gasteiger partial charge in [0.2, 0.25) is 5.91 Å². The lowest BCUT2D eigenvalue weighted by Gasteiger charge is -2.18. The van der Waals surface area contributed by atoms with Gasteiger partial charge in [0.15, 0.2) is 0 Å². The largest absolute Gasteiger partial charge is 0.480 e. The Morgan fingerprint density at radius 2 is 1.90 bits per heavy atom. The number of amides is 1. The molecule has 1 amide bonds. The Balaban J connectivity index is 2.29. The molecule has 1 rings (SSSR count). The van der Waals surface area contributed by atoms with E-state index >= 15 is 0 Å². The molecule has 2 N–H and O–H groups in total. The number of hydrogen-bond acceptors (Lipinski definition) is 3. The number of benzene rings is 1. The first kappa shape index (κ1) is 16.2. The molecule has 110 valence electrons. The molecule has 0 aliphatic carbocycles. The molecule has 0 fully saturated rings. The fourth-order valence-corrected chi connectivity index (χ4v) is 1.97. The molecular weight excluding hydrogens is 256 g/mol. The van der Waals surface area contributed by atoms with Crippen molar-refractivity contribution in [3.05, 3.63) is 35.9 Å². The SMILES string of the molecule is CCCN(CC(=O)O)CC(=O)NCCc1ccccc1. The molecule has 5 heteroatoms. The standard InChI is InChI=1S/C15H22N2O3/c1-2-10-17(12-15(19)20)11-14(18)16-9-8-13-6-4-3-5-7-13/h3-7H,2,8-12H2,1H3,(H,16,18)(H,19,20). The lowest BCUT2D eigenvalue weighted by molar-refractivity contribution is -0.138. The number of nitrogens with zero attached hydrogens (tertiary/aromatic N) is 1. The molecule has 0 heterocycles. The van der Waals surface area contributed by atoms with Crippen molar-refractivity contribution in [2.24, 2.45) is 0 Å². The summed E-state index contributed by atoms with van der Waals surface area (Å²) in [5.41, 5.74) is 1.17. The molecule has 5 nitrogen and oxygen atoms in total. The van der Waals surface area contributed by atoms with Crippen molar-refractivity contribution in [1.29, 1.82) is 0 Å². The van der Waals surface area contributed by atoms with Gasteiger partial charge in [-0.05, 0) is 24.9 Å². The van der Waals surface area contributed by atoms with Gasteiger partial charge in [-0.3, -0.25) is 14.5 Å². The van der Waals surface area contributed by atoms with Crippen molar-refractivity contribution in [3.8, 4) is 0 Å². The normalized spacial score (nSPS) is 10.5. The van der Waals surface area contributed by atoms with Crippen LogP contribution in [0.25, 0.3) is 0 Å². The fraction of sp³-hybridized carbons (Fsp3) is 0.467. The fourth-order valence-electron chi connectivity index (χ4n) is 1.97. The summed E-state index contributed by atoms with van der Waals surface area (Å²) in [6.45, 7) is 3.17. The average molecular weight is 278 g/mol. The van der Waals surface area contributed by atoms with Gasteiger partial charge in [0.25, 0.3) is 0 Å². The zero-order chi connectivity index (χ0) is 14.8. The molecule has 20 heavy (non-hydrogen) atoms. The van der Waals surface area contributed by atoms with Crippen LogP contribution in [0.3, 0.4) is 0 Å². The van der Waals surface area contributed by atoms with Crippen LogP contribution in [0.2, 0.25) is 0 Å². The third-order valence-corrected chi connectivity index (χ3v) is 2.84. The summed E-state index contributed by atoms with van der Waals surface area (Å²) in [4.78, 5) is 24.1. The van der Waals surface area contributed by atoms with Crippen molar-refractivity contribution in [2.45, 2.75) is 19.8 Å². The molecule has 0 spiro atoms. The number of carboxylic acids is 1.